The summed E-state index contributed by atoms with van der Waals surface area (Å²) in [5.41, 5.74) is 0.809. The van der Waals surface area contributed by atoms with E-state index in [1.165, 1.54) is 13.1 Å². The molecule has 0 unspecified atom stereocenters. The van der Waals surface area contributed by atoms with Gasteiger partial charge >= 0.3 is 6.18 Å². The third-order valence-electron chi connectivity index (χ3n) is 3.14. The molecule has 0 atom stereocenters. The molecule has 22 heavy (non-hydrogen) atoms. The highest BCUT2D eigenvalue weighted by Crippen LogP contribution is 2.29. The van der Waals surface area contributed by atoms with E-state index >= 15 is 0 Å². The molecule has 0 aliphatic rings. The van der Waals surface area contributed by atoms with Gasteiger partial charge in [0.15, 0.2) is 0 Å². The van der Waals surface area contributed by atoms with Gasteiger partial charge in [-0.1, -0.05) is 24.3 Å². The second kappa shape index (κ2) is 6.51. The van der Waals surface area contributed by atoms with Crippen molar-refractivity contribution >= 4 is 11.6 Å². The lowest BCUT2D eigenvalue weighted by molar-refractivity contribution is -0.137. The van der Waals surface area contributed by atoms with Crippen LogP contribution in [0.15, 0.2) is 48.5 Å². The van der Waals surface area contributed by atoms with E-state index in [2.05, 4.69) is 10.6 Å². The summed E-state index contributed by atoms with van der Waals surface area (Å²) in [6.07, 6.45) is -4.37. The highest BCUT2D eigenvalue weighted by molar-refractivity contribution is 5.99. The van der Waals surface area contributed by atoms with Crippen molar-refractivity contribution < 1.29 is 18.0 Å². The molecule has 0 aromatic heterocycles. The summed E-state index contributed by atoms with van der Waals surface area (Å²) in [5.74, 6) is -0.257. The van der Waals surface area contributed by atoms with Crippen molar-refractivity contribution in [3.63, 3.8) is 0 Å². The van der Waals surface area contributed by atoms with Gasteiger partial charge in [-0.2, -0.15) is 13.2 Å². The monoisotopic (exact) mass is 308 g/mol. The quantitative estimate of drug-likeness (QED) is 0.904. The van der Waals surface area contributed by atoms with E-state index in [9.17, 15) is 18.0 Å². The lowest BCUT2D eigenvalue weighted by Gasteiger charge is -2.12. The van der Waals surface area contributed by atoms with E-state index < -0.39 is 11.7 Å². The lowest BCUT2D eigenvalue weighted by atomic mass is 10.1. The van der Waals surface area contributed by atoms with Crippen molar-refractivity contribution in [3.8, 4) is 0 Å². The number of carbonyl (C=O) groups is 1. The van der Waals surface area contributed by atoms with E-state index in [-0.39, 0.29) is 12.5 Å². The predicted octanol–water partition coefficient (Wildman–Crippen LogP) is 3.68. The molecule has 0 bridgehead atoms. The van der Waals surface area contributed by atoms with Gasteiger partial charge in [-0.3, -0.25) is 4.79 Å². The molecule has 0 saturated carbocycles. The summed E-state index contributed by atoms with van der Waals surface area (Å²) in [7, 11) is 1.52. The first-order chi connectivity index (χ1) is 10.4. The van der Waals surface area contributed by atoms with Gasteiger partial charge < -0.3 is 10.6 Å². The van der Waals surface area contributed by atoms with E-state index in [4.69, 9.17) is 0 Å². The summed E-state index contributed by atoms with van der Waals surface area (Å²) in [6.45, 7) is 0.192. The molecular weight excluding hydrogens is 293 g/mol. The molecule has 116 valence electrons. The number of amides is 1. The van der Waals surface area contributed by atoms with Gasteiger partial charge in [0.25, 0.3) is 5.91 Å². The second-order valence-electron chi connectivity index (χ2n) is 4.68. The highest BCUT2D eigenvalue weighted by Gasteiger charge is 2.30. The van der Waals surface area contributed by atoms with Crippen LogP contribution in [-0.4, -0.2) is 13.0 Å². The molecule has 0 saturated heterocycles. The number of nitrogens with one attached hydrogen (secondary N) is 2. The van der Waals surface area contributed by atoms with Crippen LogP contribution < -0.4 is 10.6 Å². The summed E-state index contributed by atoms with van der Waals surface area (Å²) in [5, 5.41) is 5.52. The van der Waals surface area contributed by atoms with Gasteiger partial charge in [-0.25, -0.2) is 0 Å². The van der Waals surface area contributed by atoms with Gasteiger partial charge in [0.05, 0.1) is 11.1 Å². The van der Waals surface area contributed by atoms with Crippen LogP contribution in [0, 0.1) is 0 Å². The van der Waals surface area contributed by atoms with Crippen LogP contribution in [0.25, 0.3) is 0 Å². The first kappa shape index (κ1) is 15.9. The van der Waals surface area contributed by atoms with Crippen LogP contribution in [0.1, 0.15) is 21.5 Å². The molecule has 0 spiro atoms. The SMILES string of the molecule is CNC(=O)c1ccccc1NCc1cccc(C(F)(F)F)c1. The van der Waals surface area contributed by atoms with Crippen molar-refractivity contribution in [1.29, 1.82) is 0 Å². The Hall–Kier alpha value is -2.50. The summed E-state index contributed by atoms with van der Waals surface area (Å²) >= 11 is 0. The van der Waals surface area contributed by atoms with Crippen molar-refractivity contribution in [3.05, 3.63) is 65.2 Å². The minimum atomic E-state index is -4.37. The van der Waals surface area contributed by atoms with Crippen molar-refractivity contribution in [2.45, 2.75) is 12.7 Å². The number of hydrogen-bond donors (Lipinski definition) is 2. The van der Waals surface area contributed by atoms with Gasteiger partial charge in [0, 0.05) is 19.3 Å². The number of alkyl halides is 3. The molecule has 0 radical (unpaired) electrons. The molecule has 3 nitrogen and oxygen atoms in total. The molecule has 0 fully saturated rings. The van der Waals surface area contributed by atoms with Gasteiger partial charge in [0.2, 0.25) is 0 Å². The first-order valence-electron chi connectivity index (χ1n) is 6.63. The van der Waals surface area contributed by atoms with Crippen LogP contribution in [-0.2, 0) is 12.7 Å². The number of benzene rings is 2. The Labute approximate surface area is 126 Å². The van der Waals surface area contributed by atoms with Crippen LogP contribution in [0.3, 0.4) is 0 Å². The zero-order chi connectivity index (χ0) is 16.2. The molecule has 2 aromatic carbocycles. The number of rotatable bonds is 4. The standard InChI is InChI=1S/C16H15F3N2O/c1-20-15(22)13-7-2-3-8-14(13)21-10-11-5-4-6-12(9-11)16(17,18)19/h2-9,21H,10H2,1H3,(H,20,22). The summed E-state index contributed by atoms with van der Waals surface area (Å²) in [4.78, 5) is 11.7. The van der Waals surface area contributed by atoms with Crippen LogP contribution >= 0.6 is 0 Å². The average molecular weight is 308 g/mol. The fraction of sp³-hybridized carbons (Fsp3) is 0.188. The van der Waals surface area contributed by atoms with Crippen LogP contribution in [0.5, 0.6) is 0 Å². The Morgan fingerprint density at radius 2 is 1.82 bits per heavy atom. The Bertz CT molecular complexity index is 668. The smallest absolute Gasteiger partial charge is 0.380 e. The zero-order valence-corrected chi connectivity index (χ0v) is 11.9. The Morgan fingerprint density at radius 3 is 2.50 bits per heavy atom. The predicted molar refractivity (Wildman–Crippen MR) is 78.6 cm³/mol. The molecule has 0 aliphatic heterocycles. The normalized spacial score (nSPS) is 11.1. The molecule has 0 heterocycles. The van der Waals surface area contributed by atoms with Crippen molar-refractivity contribution in [2.24, 2.45) is 0 Å². The number of hydrogen-bond acceptors (Lipinski definition) is 2. The minimum absolute atomic E-state index is 0.192. The third-order valence-corrected chi connectivity index (χ3v) is 3.14. The maximum Gasteiger partial charge on any atom is 0.416 e. The molecule has 2 rings (SSSR count). The zero-order valence-electron chi connectivity index (χ0n) is 11.9. The molecule has 0 aliphatic carbocycles. The van der Waals surface area contributed by atoms with E-state index in [0.29, 0.717) is 16.8 Å². The second-order valence-corrected chi connectivity index (χ2v) is 4.68. The topological polar surface area (TPSA) is 41.1 Å². The van der Waals surface area contributed by atoms with E-state index in [1.54, 1.807) is 30.3 Å². The number of anilines is 1. The maximum atomic E-state index is 12.7. The first-order valence-corrected chi connectivity index (χ1v) is 6.63. The highest BCUT2D eigenvalue weighted by atomic mass is 19.4. The van der Waals surface area contributed by atoms with Crippen molar-refractivity contribution in [2.75, 3.05) is 12.4 Å². The fourth-order valence-corrected chi connectivity index (χ4v) is 2.02. The summed E-state index contributed by atoms with van der Waals surface area (Å²) < 4.78 is 38.0. The molecule has 2 N–H and O–H groups in total. The number of para-hydroxylation sites is 1. The third kappa shape index (κ3) is 3.78. The average Bonchev–Trinajstić information content (AvgIpc) is 2.52. The van der Waals surface area contributed by atoms with E-state index in [1.807, 2.05) is 0 Å². The largest absolute Gasteiger partial charge is 0.416 e. The Kier molecular flexibility index (Phi) is 4.70. The molecule has 2 aromatic rings. The van der Waals surface area contributed by atoms with Crippen LogP contribution in [0.2, 0.25) is 0 Å². The lowest BCUT2D eigenvalue weighted by Crippen LogP contribution is -2.19. The molecular formula is C16H15F3N2O. The Morgan fingerprint density at radius 1 is 1.09 bits per heavy atom. The van der Waals surface area contributed by atoms with Gasteiger partial charge in [-0.05, 0) is 29.8 Å². The fourth-order valence-electron chi connectivity index (χ4n) is 2.02. The molecule has 1 amide bonds. The van der Waals surface area contributed by atoms with Crippen molar-refractivity contribution in [1.82, 2.24) is 5.32 Å². The van der Waals surface area contributed by atoms with Gasteiger partial charge in [-0.15, -0.1) is 0 Å². The summed E-state index contributed by atoms with van der Waals surface area (Å²) in [6, 6.07) is 11.9. The number of carbonyl (C=O) groups excluding carboxylic acids is 1. The van der Waals surface area contributed by atoms with E-state index in [0.717, 1.165) is 12.1 Å². The van der Waals surface area contributed by atoms with Crippen LogP contribution in [0.4, 0.5) is 18.9 Å². The number of halogens is 3. The molecule has 6 heteroatoms. The minimum Gasteiger partial charge on any atom is -0.380 e. The maximum absolute atomic E-state index is 12.7. The van der Waals surface area contributed by atoms with Gasteiger partial charge in [0.1, 0.15) is 0 Å². The Balaban J connectivity index is 2.16.